The summed E-state index contributed by atoms with van der Waals surface area (Å²) in [6, 6.07) is 15.3. The number of fused-ring (bicyclic) bond motifs is 5. The molecule has 0 fully saturated rings. The molecule has 12 heteroatoms. The first kappa shape index (κ1) is 24.4. The first-order valence-electron chi connectivity index (χ1n) is 11.5. The molecule has 1 atom stereocenters. The minimum atomic E-state index is -3.64. The quantitative estimate of drug-likeness (QED) is 0.370. The second-order valence-electron chi connectivity index (χ2n) is 8.79. The highest BCUT2D eigenvalue weighted by Crippen LogP contribution is 2.43. The van der Waals surface area contributed by atoms with Gasteiger partial charge in [0.2, 0.25) is 10.0 Å². The van der Waals surface area contributed by atoms with Gasteiger partial charge >= 0.3 is 0 Å². The van der Waals surface area contributed by atoms with E-state index < -0.39 is 16.1 Å². The van der Waals surface area contributed by atoms with E-state index in [2.05, 4.69) is 10.2 Å². The van der Waals surface area contributed by atoms with Crippen molar-refractivity contribution < 1.29 is 8.42 Å². The molecule has 0 saturated heterocycles. The molecule has 0 amide bonds. The summed E-state index contributed by atoms with van der Waals surface area (Å²) in [7, 11) is -3.64. The summed E-state index contributed by atoms with van der Waals surface area (Å²) in [5, 5.41) is 10.1. The minimum absolute atomic E-state index is 0.183. The molecule has 188 valence electrons. The molecule has 37 heavy (non-hydrogen) atoms. The van der Waals surface area contributed by atoms with Crippen molar-refractivity contribution in [3.63, 3.8) is 0 Å². The third-order valence-electron chi connectivity index (χ3n) is 6.58. The summed E-state index contributed by atoms with van der Waals surface area (Å²) in [5.74, 6) is 1.20. The van der Waals surface area contributed by atoms with Gasteiger partial charge in [-0.05, 0) is 37.1 Å². The molecule has 0 bridgehead atoms. The van der Waals surface area contributed by atoms with Crippen LogP contribution in [-0.2, 0) is 23.0 Å². The number of aryl methyl sites for hydroxylation is 1. The highest BCUT2D eigenvalue weighted by atomic mass is 35.5. The van der Waals surface area contributed by atoms with Gasteiger partial charge in [-0.3, -0.25) is 9.56 Å². The van der Waals surface area contributed by atoms with Crippen LogP contribution in [0.15, 0.2) is 64.5 Å². The number of hydrogen-bond acceptors (Lipinski definition) is 7. The fraction of sp³-hybridized carbons (Fsp3) is 0.200. The van der Waals surface area contributed by atoms with Crippen LogP contribution in [0.4, 0.5) is 0 Å². The van der Waals surface area contributed by atoms with E-state index in [1.54, 1.807) is 30.3 Å². The molecule has 2 aromatic heterocycles. The maximum Gasteiger partial charge on any atom is 0.243 e. The van der Waals surface area contributed by atoms with Crippen molar-refractivity contribution in [1.29, 1.82) is 0 Å². The summed E-state index contributed by atoms with van der Waals surface area (Å²) >= 11 is 13.6. The lowest BCUT2D eigenvalue weighted by Crippen LogP contribution is -2.35. The fourth-order valence-electron chi connectivity index (χ4n) is 4.82. The topological polar surface area (TPSA) is 106 Å². The Morgan fingerprint density at radius 2 is 1.86 bits per heavy atom. The Morgan fingerprint density at radius 1 is 1.14 bits per heavy atom. The van der Waals surface area contributed by atoms with Crippen molar-refractivity contribution in [2.24, 2.45) is 10.7 Å². The van der Waals surface area contributed by atoms with Crippen LogP contribution in [0.3, 0.4) is 0 Å². The number of sulfonamides is 1. The SMILES string of the molecule is Cc1nnc2n1-c1sc3c(c1C(c1ccccc1Cl)=NC2C(N)=S)CCN(S(=O)(=O)c1ccccc1)C3. The molecule has 0 spiro atoms. The van der Waals surface area contributed by atoms with Crippen molar-refractivity contribution in [3.8, 4) is 5.00 Å². The van der Waals surface area contributed by atoms with Crippen molar-refractivity contribution in [2.75, 3.05) is 6.54 Å². The molecule has 2 aliphatic heterocycles. The lowest BCUT2D eigenvalue weighted by atomic mass is 9.95. The molecular weight excluding hydrogens is 548 g/mol. The van der Waals surface area contributed by atoms with Gasteiger partial charge in [-0.15, -0.1) is 21.5 Å². The zero-order valence-corrected chi connectivity index (χ0v) is 22.8. The predicted molar refractivity (Wildman–Crippen MR) is 148 cm³/mol. The Hall–Kier alpha value is -2.96. The number of aromatic nitrogens is 3. The van der Waals surface area contributed by atoms with Gasteiger partial charge in [0.15, 0.2) is 11.9 Å². The summed E-state index contributed by atoms with van der Waals surface area (Å²) in [6.07, 6.45) is 0.519. The van der Waals surface area contributed by atoms with Gasteiger partial charge in [0.25, 0.3) is 0 Å². The number of nitrogens with two attached hydrogens (primary N) is 1. The van der Waals surface area contributed by atoms with Crippen molar-refractivity contribution in [3.05, 3.63) is 92.8 Å². The zero-order valence-electron chi connectivity index (χ0n) is 19.6. The Balaban J connectivity index is 1.56. The first-order valence-corrected chi connectivity index (χ1v) is 14.6. The number of nitrogens with zero attached hydrogens (tertiary/aromatic N) is 5. The second kappa shape index (κ2) is 9.10. The van der Waals surface area contributed by atoms with E-state index in [4.69, 9.17) is 34.5 Å². The molecule has 0 saturated carbocycles. The third kappa shape index (κ3) is 3.93. The Bertz CT molecular complexity index is 1690. The van der Waals surface area contributed by atoms with E-state index in [-0.39, 0.29) is 16.4 Å². The van der Waals surface area contributed by atoms with Crippen molar-refractivity contribution in [1.82, 2.24) is 19.1 Å². The summed E-state index contributed by atoms with van der Waals surface area (Å²) < 4.78 is 30.2. The van der Waals surface area contributed by atoms with Gasteiger partial charge in [-0.1, -0.05) is 60.2 Å². The Morgan fingerprint density at radius 3 is 2.59 bits per heavy atom. The molecule has 2 N–H and O–H groups in total. The molecule has 0 radical (unpaired) electrons. The van der Waals surface area contributed by atoms with Gasteiger partial charge < -0.3 is 5.73 Å². The molecular formula is C25H21ClN6O2S3. The average molecular weight is 569 g/mol. The van der Waals surface area contributed by atoms with E-state index in [0.29, 0.717) is 35.3 Å². The van der Waals surface area contributed by atoms with Gasteiger partial charge in [0.1, 0.15) is 15.8 Å². The number of thiophene rings is 1. The number of aliphatic imine (C=N–C) groups is 1. The lowest BCUT2D eigenvalue weighted by molar-refractivity contribution is 0.395. The van der Waals surface area contributed by atoms with Crippen LogP contribution in [-0.4, -0.2) is 44.7 Å². The van der Waals surface area contributed by atoms with E-state index >= 15 is 0 Å². The maximum atomic E-state index is 13.4. The molecule has 1 unspecified atom stereocenters. The summed E-state index contributed by atoms with van der Waals surface area (Å²) in [4.78, 5) is 6.43. The molecule has 4 heterocycles. The van der Waals surface area contributed by atoms with Crippen LogP contribution in [0.1, 0.15) is 39.3 Å². The Kier molecular flexibility index (Phi) is 6.00. The molecule has 4 aromatic rings. The highest BCUT2D eigenvalue weighted by molar-refractivity contribution is 7.89. The third-order valence-corrected chi connectivity index (χ3v) is 10.2. The van der Waals surface area contributed by atoms with Crippen LogP contribution in [0.5, 0.6) is 0 Å². The van der Waals surface area contributed by atoms with Crippen LogP contribution >= 0.6 is 35.2 Å². The minimum Gasteiger partial charge on any atom is -0.391 e. The van der Waals surface area contributed by atoms with E-state index in [0.717, 1.165) is 26.6 Å². The summed E-state index contributed by atoms with van der Waals surface area (Å²) in [5.41, 5.74) is 9.50. The normalized spacial score (nSPS) is 17.4. The Labute approximate surface area is 228 Å². The fourth-order valence-corrected chi connectivity index (χ4v) is 8.14. The van der Waals surface area contributed by atoms with E-state index in [1.165, 1.54) is 15.6 Å². The van der Waals surface area contributed by atoms with Crippen LogP contribution in [0, 0.1) is 6.92 Å². The number of rotatable bonds is 4. The average Bonchev–Trinajstić information content (AvgIpc) is 3.41. The largest absolute Gasteiger partial charge is 0.391 e. The molecule has 2 aliphatic rings. The van der Waals surface area contributed by atoms with Gasteiger partial charge in [0.05, 0.1) is 10.6 Å². The van der Waals surface area contributed by atoms with Gasteiger partial charge in [0, 0.05) is 34.1 Å². The van der Waals surface area contributed by atoms with Crippen molar-refractivity contribution >= 4 is 55.9 Å². The molecule has 6 rings (SSSR count). The smallest absolute Gasteiger partial charge is 0.243 e. The summed E-state index contributed by atoms with van der Waals surface area (Å²) in [6.45, 7) is 2.47. The second-order valence-corrected chi connectivity index (χ2v) is 12.7. The first-order chi connectivity index (χ1) is 17.8. The molecule has 8 nitrogen and oxygen atoms in total. The number of benzene rings is 2. The number of thiocarbonyl (C=S) groups is 1. The van der Waals surface area contributed by atoms with Gasteiger partial charge in [-0.2, -0.15) is 4.31 Å². The number of halogens is 1. The monoisotopic (exact) mass is 568 g/mol. The predicted octanol–water partition coefficient (Wildman–Crippen LogP) is 4.22. The maximum absolute atomic E-state index is 13.4. The lowest BCUT2D eigenvalue weighted by Gasteiger charge is -2.27. The molecule has 2 aromatic carbocycles. The standard InChI is InChI=1S/C25H21ClN6O2S3/c1-14-29-30-24-22(23(27)35)28-21(16-9-5-6-10-18(16)26)20-17-11-12-31(13-19(17)36-25(20)32(14)24)37(33,34)15-7-3-2-4-8-15/h2-10,22H,11-13H2,1H3,(H2,27,35). The van der Waals surface area contributed by atoms with Crippen molar-refractivity contribution in [2.45, 2.75) is 30.8 Å². The van der Waals surface area contributed by atoms with E-state index in [1.807, 2.05) is 35.8 Å². The van der Waals surface area contributed by atoms with E-state index in [9.17, 15) is 8.42 Å². The molecule has 0 aliphatic carbocycles. The highest BCUT2D eigenvalue weighted by Gasteiger charge is 2.37. The number of hydrogen-bond donors (Lipinski definition) is 1. The van der Waals surface area contributed by atoms with Gasteiger partial charge in [-0.25, -0.2) is 8.42 Å². The van der Waals surface area contributed by atoms with Crippen LogP contribution in [0.2, 0.25) is 5.02 Å². The van der Waals surface area contributed by atoms with Crippen LogP contribution in [0.25, 0.3) is 5.00 Å². The van der Waals surface area contributed by atoms with Crippen LogP contribution < -0.4 is 5.73 Å². The zero-order chi connectivity index (χ0) is 25.9.